The van der Waals surface area contributed by atoms with E-state index in [1.54, 1.807) is 6.92 Å². The first kappa shape index (κ1) is 15.8. The summed E-state index contributed by atoms with van der Waals surface area (Å²) in [6.45, 7) is 3.84. The molecule has 0 spiro atoms. The van der Waals surface area contributed by atoms with Gasteiger partial charge in [-0.05, 0) is 49.6 Å². The zero-order valence-corrected chi connectivity index (χ0v) is 14.3. The number of hydrogen-bond acceptors (Lipinski definition) is 5. The summed E-state index contributed by atoms with van der Waals surface area (Å²) in [4.78, 5) is 11.8. The second-order valence-corrected chi connectivity index (χ2v) is 6.51. The van der Waals surface area contributed by atoms with Crippen LogP contribution in [0.25, 0.3) is 10.9 Å². The van der Waals surface area contributed by atoms with Gasteiger partial charge in [0.25, 0.3) is 0 Å². The van der Waals surface area contributed by atoms with Gasteiger partial charge in [0.15, 0.2) is 0 Å². The number of anilines is 3. The van der Waals surface area contributed by atoms with E-state index in [1.165, 1.54) is 12.8 Å². The fraction of sp³-hybridized carbons (Fsp3) is 0.300. The van der Waals surface area contributed by atoms with Crippen molar-refractivity contribution in [3.63, 3.8) is 0 Å². The summed E-state index contributed by atoms with van der Waals surface area (Å²) in [6, 6.07) is 15.9. The van der Waals surface area contributed by atoms with Crippen LogP contribution in [0.2, 0.25) is 0 Å². The quantitative estimate of drug-likeness (QED) is 0.754. The van der Waals surface area contributed by atoms with E-state index in [-0.39, 0.29) is 0 Å². The Kier molecular flexibility index (Phi) is 4.24. The van der Waals surface area contributed by atoms with Gasteiger partial charge in [0.05, 0.1) is 11.6 Å². The Bertz CT molecular complexity index is 888. The number of nitrogens with one attached hydrogen (secondary N) is 1. The van der Waals surface area contributed by atoms with E-state index in [4.69, 9.17) is 4.98 Å². The number of para-hydroxylation sites is 1. The zero-order chi connectivity index (χ0) is 17.2. The van der Waals surface area contributed by atoms with Crippen molar-refractivity contribution in [2.75, 3.05) is 23.3 Å². The van der Waals surface area contributed by atoms with Gasteiger partial charge in [-0.25, -0.2) is 4.98 Å². The summed E-state index contributed by atoms with van der Waals surface area (Å²) >= 11 is 0. The number of fused-ring (bicyclic) bond motifs is 1. The maximum Gasteiger partial charge on any atom is 0.229 e. The summed E-state index contributed by atoms with van der Waals surface area (Å²) in [7, 11) is 0. The van der Waals surface area contributed by atoms with Crippen LogP contribution in [0.5, 0.6) is 0 Å². The van der Waals surface area contributed by atoms with Crippen LogP contribution in [0.4, 0.5) is 17.5 Å². The third-order valence-corrected chi connectivity index (χ3v) is 4.61. The number of aliphatic hydroxyl groups excluding tert-OH is 1. The highest BCUT2D eigenvalue weighted by Gasteiger charge is 2.18. The molecule has 0 saturated carbocycles. The van der Waals surface area contributed by atoms with Crippen molar-refractivity contribution in [3.05, 3.63) is 54.1 Å². The molecule has 2 heterocycles. The number of benzene rings is 2. The minimum Gasteiger partial charge on any atom is -0.389 e. The standard InChI is InChI=1S/C20H22N4O/c1-14(25)15-7-6-8-16(13-15)21-20-22-18-10-3-2-9-17(18)19(23-20)24-11-4-5-12-24/h2-3,6-10,13-14,25H,4-5,11-12H2,1H3,(H,21,22,23)/t14-/m0/s1. The normalized spacial score (nSPS) is 15.5. The lowest BCUT2D eigenvalue weighted by atomic mass is 10.1. The number of rotatable bonds is 4. The van der Waals surface area contributed by atoms with Gasteiger partial charge < -0.3 is 15.3 Å². The number of nitrogens with zero attached hydrogens (tertiary/aromatic N) is 3. The van der Waals surface area contributed by atoms with E-state index in [9.17, 15) is 5.11 Å². The molecule has 0 amide bonds. The van der Waals surface area contributed by atoms with Gasteiger partial charge in [-0.15, -0.1) is 0 Å². The molecule has 1 fully saturated rings. The first-order valence-corrected chi connectivity index (χ1v) is 8.77. The lowest BCUT2D eigenvalue weighted by Gasteiger charge is -2.19. The van der Waals surface area contributed by atoms with Crippen LogP contribution in [0.15, 0.2) is 48.5 Å². The molecule has 1 aromatic heterocycles. The maximum absolute atomic E-state index is 9.78. The van der Waals surface area contributed by atoms with Crippen LogP contribution >= 0.6 is 0 Å². The molecule has 2 aromatic carbocycles. The molecule has 0 unspecified atom stereocenters. The van der Waals surface area contributed by atoms with Gasteiger partial charge in [-0.2, -0.15) is 4.98 Å². The maximum atomic E-state index is 9.78. The monoisotopic (exact) mass is 334 g/mol. The third kappa shape index (κ3) is 3.28. The molecule has 1 aliphatic heterocycles. The van der Waals surface area contributed by atoms with Gasteiger partial charge in [0, 0.05) is 24.2 Å². The molecular formula is C20H22N4O. The van der Waals surface area contributed by atoms with E-state index in [0.29, 0.717) is 5.95 Å². The van der Waals surface area contributed by atoms with Crippen molar-refractivity contribution in [1.82, 2.24) is 9.97 Å². The molecular weight excluding hydrogens is 312 g/mol. The van der Waals surface area contributed by atoms with E-state index in [0.717, 1.165) is 41.1 Å². The average Bonchev–Trinajstić information content (AvgIpc) is 3.16. The van der Waals surface area contributed by atoms with Crippen molar-refractivity contribution < 1.29 is 5.11 Å². The summed E-state index contributed by atoms with van der Waals surface area (Å²) in [6.07, 6.45) is 1.91. The Balaban J connectivity index is 1.73. The lowest BCUT2D eigenvalue weighted by Crippen LogP contribution is -2.20. The van der Waals surface area contributed by atoms with Crippen molar-refractivity contribution in [2.24, 2.45) is 0 Å². The lowest BCUT2D eigenvalue weighted by molar-refractivity contribution is 0.199. The summed E-state index contributed by atoms with van der Waals surface area (Å²) in [5, 5.41) is 14.2. The molecule has 1 saturated heterocycles. The molecule has 0 radical (unpaired) electrons. The Hall–Kier alpha value is -2.66. The van der Waals surface area contributed by atoms with Crippen molar-refractivity contribution >= 4 is 28.4 Å². The van der Waals surface area contributed by atoms with E-state index >= 15 is 0 Å². The van der Waals surface area contributed by atoms with Gasteiger partial charge in [-0.3, -0.25) is 0 Å². The molecule has 1 atom stereocenters. The van der Waals surface area contributed by atoms with Crippen LogP contribution in [0.1, 0.15) is 31.4 Å². The van der Waals surface area contributed by atoms with Crippen molar-refractivity contribution in [3.8, 4) is 0 Å². The Morgan fingerprint density at radius 1 is 1.04 bits per heavy atom. The molecule has 5 nitrogen and oxygen atoms in total. The highest BCUT2D eigenvalue weighted by atomic mass is 16.3. The fourth-order valence-corrected chi connectivity index (χ4v) is 3.29. The van der Waals surface area contributed by atoms with Crippen LogP contribution < -0.4 is 10.2 Å². The summed E-state index contributed by atoms with van der Waals surface area (Å²) in [5.41, 5.74) is 2.68. The first-order valence-electron chi connectivity index (χ1n) is 8.77. The van der Waals surface area contributed by atoms with Crippen LogP contribution in [0.3, 0.4) is 0 Å². The molecule has 25 heavy (non-hydrogen) atoms. The SMILES string of the molecule is C[C@H](O)c1cccc(Nc2nc(N3CCCC3)c3ccccc3n2)c1. The molecule has 3 aromatic rings. The van der Waals surface area contributed by atoms with Crippen molar-refractivity contribution in [1.29, 1.82) is 0 Å². The largest absolute Gasteiger partial charge is 0.389 e. The Labute approximate surface area is 147 Å². The van der Waals surface area contributed by atoms with E-state index in [1.807, 2.05) is 42.5 Å². The van der Waals surface area contributed by atoms with E-state index in [2.05, 4.69) is 21.3 Å². The highest BCUT2D eigenvalue weighted by Crippen LogP contribution is 2.29. The van der Waals surface area contributed by atoms with E-state index < -0.39 is 6.10 Å². The minimum atomic E-state index is -0.501. The first-order chi connectivity index (χ1) is 12.2. The van der Waals surface area contributed by atoms with Gasteiger partial charge in [0.2, 0.25) is 5.95 Å². The topological polar surface area (TPSA) is 61.3 Å². The number of hydrogen-bond donors (Lipinski definition) is 2. The molecule has 5 heteroatoms. The molecule has 2 N–H and O–H groups in total. The Morgan fingerprint density at radius 2 is 1.84 bits per heavy atom. The molecule has 0 aliphatic carbocycles. The predicted molar refractivity (Wildman–Crippen MR) is 101 cm³/mol. The highest BCUT2D eigenvalue weighted by molar-refractivity contribution is 5.90. The number of aromatic nitrogens is 2. The number of aliphatic hydroxyl groups is 1. The zero-order valence-electron chi connectivity index (χ0n) is 14.3. The second-order valence-electron chi connectivity index (χ2n) is 6.51. The molecule has 128 valence electrons. The van der Waals surface area contributed by atoms with Gasteiger partial charge >= 0.3 is 0 Å². The van der Waals surface area contributed by atoms with Crippen LogP contribution in [-0.4, -0.2) is 28.2 Å². The Morgan fingerprint density at radius 3 is 2.64 bits per heavy atom. The van der Waals surface area contributed by atoms with Crippen LogP contribution in [0, 0.1) is 0 Å². The molecule has 4 rings (SSSR count). The smallest absolute Gasteiger partial charge is 0.229 e. The summed E-state index contributed by atoms with van der Waals surface area (Å²) in [5.74, 6) is 1.58. The molecule has 1 aliphatic rings. The molecule has 0 bridgehead atoms. The van der Waals surface area contributed by atoms with Gasteiger partial charge in [0.1, 0.15) is 5.82 Å². The summed E-state index contributed by atoms with van der Waals surface area (Å²) < 4.78 is 0. The minimum absolute atomic E-state index is 0.501. The van der Waals surface area contributed by atoms with Crippen molar-refractivity contribution in [2.45, 2.75) is 25.9 Å². The van der Waals surface area contributed by atoms with Gasteiger partial charge in [-0.1, -0.05) is 24.3 Å². The van der Waals surface area contributed by atoms with Crippen LogP contribution in [-0.2, 0) is 0 Å². The fourth-order valence-electron chi connectivity index (χ4n) is 3.29. The average molecular weight is 334 g/mol. The third-order valence-electron chi connectivity index (χ3n) is 4.61. The second kappa shape index (κ2) is 6.69. The predicted octanol–water partition coefficient (Wildman–Crippen LogP) is 4.03.